The molecule has 2 spiro atoms. The van der Waals surface area contributed by atoms with Gasteiger partial charge in [-0.1, -0.05) is 291 Å². The van der Waals surface area contributed by atoms with E-state index in [-0.39, 0.29) is 11.8 Å². The highest BCUT2D eigenvalue weighted by Crippen LogP contribution is 2.66. The second kappa shape index (κ2) is 19.3. The summed E-state index contributed by atoms with van der Waals surface area (Å²) >= 11 is 0. The van der Waals surface area contributed by atoms with Crippen LogP contribution in [0.3, 0.4) is 0 Å². The highest BCUT2D eigenvalue weighted by molar-refractivity contribution is 6.02. The summed E-state index contributed by atoms with van der Waals surface area (Å²) < 4.78 is 0. The third-order valence-corrected chi connectivity index (χ3v) is 21.7. The molecule has 2 unspecified atom stereocenters. The van der Waals surface area contributed by atoms with Crippen LogP contribution in [0.1, 0.15) is 89.7 Å². The van der Waals surface area contributed by atoms with Crippen molar-refractivity contribution in [1.82, 2.24) is 19.9 Å². The number of fused-ring (bicyclic) bond motifs is 20. The van der Waals surface area contributed by atoms with Gasteiger partial charge in [-0.05, 0) is 147 Å². The predicted molar refractivity (Wildman–Crippen MR) is 378 cm³/mol. The molecule has 7 aliphatic rings. The van der Waals surface area contributed by atoms with E-state index >= 15 is 0 Å². The molecule has 15 aromatic rings. The molecule has 0 amide bonds. The molecule has 22 rings (SSSR count). The molecular formula is C90H54N4. The topological polar surface area (TPSA) is 51.6 Å². The lowest BCUT2D eigenvalue weighted by Gasteiger charge is -2.42. The van der Waals surface area contributed by atoms with Crippen LogP contribution < -0.4 is 0 Å². The number of benzene rings is 13. The Morgan fingerprint density at radius 3 is 0.862 bits per heavy atom. The molecule has 0 aliphatic heterocycles. The highest BCUT2D eigenvalue weighted by Gasteiger charge is 2.54. The van der Waals surface area contributed by atoms with E-state index in [1.165, 1.54) is 122 Å². The van der Waals surface area contributed by atoms with Gasteiger partial charge < -0.3 is 0 Å². The van der Waals surface area contributed by atoms with Crippen LogP contribution in [0, 0.1) is 0 Å². The maximum atomic E-state index is 5.55. The second-order valence-electron chi connectivity index (χ2n) is 26.1. The van der Waals surface area contributed by atoms with Gasteiger partial charge in [0.2, 0.25) is 0 Å². The summed E-state index contributed by atoms with van der Waals surface area (Å²) in [4.78, 5) is 22.1. The average Bonchev–Trinajstić information content (AvgIpc) is 1.50. The van der Waals surface area contributed by atoms with E-state index in [4.69, 9.17) is 19.9 Å². The Morgan fingerprint density at radius 1 is 0.191 bits per heavy atom. The summed E-state index contributed by atoms with van der Waals surface area (Å²) in [7, 11) is 0. The predicted octanol–water partition coefficient (Wildman–Crippen LogP) is 20.9. The number of hydrogen-bond acceptors (Lipinski definition) is 4. The summed E-state index contributed by atoms with van der Waals surface area (Å²) in [6.45, 7) is 0. The van der Waals surface area contributed by atoms with Gasteiger partial charge in [0.1, 0.15) is 0 Å². The van der Waals surface area contributed by atoms with Gasteiger partial charge in [-0.25, -0.2) is 19.9 Å². The fourth-order valence-corrected chi connectivity index (χ4v) is 18.1. The fourth-order valence-electron chi connectivity index (χ4n) is 18.1. The summed E-state index contributed by atoms with van der Waals surface area (Å²) in [5.74, 6) is 1.40. The average molecular weight is 1190 g/mol. The van der Waals surface area contributed by atoms with Crippen molar-refractivity contribution in [3.05, 3.63) is 393 Å². The Morgan fingerprint density at radius 2 is 0.479 bits per heavy atom. The van der Waals surface area contributed by atoms with Gasteiger partial charge in [0, 0.05) is 45.2 Å². The number of nitrogens with zero attached hydrogens (tertiary/aromatic N) is 4. The van der Waals surface area contributed by atoms with Crippen molar-refractivity contribution in [2.75, 3.05) is 0 Å². The van der Waals surface area contributed by atoms with Crippen molar-refractivity contribution in [2.24, 2.45) is 0 Å². The van der Waals surface area contributed by atoms with E-state index in [0.29, 0.717) is 11.6 Å². The Labute approximate surface area is 545 Å². The van der Waals surface area contributed by atoms with Crippen molar-refractivity contribution in [3.63, 3.8) is 0 Å². The van der Waals surface area contributed by atoms with Crippen molar-refractivity contribution in [1.29, 1.82) is 0 Å². The molecule has 2 aromatic heterocycles. The van der Waals surface area contributed by atoms with E-state index < -0.39 is 10.8 Å². The Kier molecular flexibility index (Phi) is 10.6. The molecule has 4 nitrogen and oxygen atoms in total. The van der Waals surface area contributed by atoms with Gasteiger partial charge in [-0.2, -0.15) is 0 Å². The minimum atomic E-state index is -0.473. The third-order valence-electron chi connectivity index (χ3n) is 21.7. The first-order valence-corrected chi connectivity index (χ1v) is 32.8. The molecule has 0 radical (unpaired) electrons. The van der Waals surface area contributed by atoms with E-state index in [2.05, 4.69) is 315 Å². The van der Waals surface area contributed by atoms with Crippen molar-refractivity contribution in [2.45, 2.75) is 22.7 Å². The zero-order valence-corrected chi connectivity index (χ0v) is 51.0. The van der Waals surface area contributed by atoms with Crippen LogP contribution in [0.2, 0.25) is 0 Å². The minimum absolute atomic E-state index is 0.00309. The lowest BCUT2D eigenvalue weighted by atomic mass is 9.60. The van der Waals surface area contributed by atoms with Crippen molar-refractivity contribution in [3.8, 4) is 112 Å². The molecule has 2 atom stereocenters. The smallest absolute Gasteiger partial charge is 0.160 e. The first-order valence-electron chi connectivity index (χ1n) is 32.8. The molecule has 0 saturated heterocycles. The van der Waals surface area contributed by atoms with Crippen LogP contribution in [0.5, 0.6) is 0 Å². The van der Waals surface area contributed by atoms with Crippen molar-refractivity contribution >= 4 is 0 Å². The first-order chi connectivity index (χ1) is 46.6. The molecule has 0 saturated carbocycles. The van der Waals surface area contributed by atoms with Gasteiger partial charge in [0.15, 0.2) is 11.6 Å². The van der Waals surface area contributed by atoms with Crippen LogP contribution in [-0.4, -0.2) is 19.9 Å². The number of rotatable bonds is 6. The van der Waals surface area contributed by atoms with Crippen LogP contribution >= 0.6 is 0 Å². The molecular weight excluding hydrogens is 1140 g/mol. The zero-order chi connectivity index (χ0) is 61.4. The van der Waals surface area contributed by atoms with Crippen LogP contribution in [0.25, 0.3) is 112 Å². The third kappa shape index (κ3) is 6.80. The summed E-state index contributed by atoms with van der Waals surface area (Å²) in [5.41, 5.74) is 37.5. The van der Waals surface area contributed by atoms with E-state index in [0.717, 1.165) is 56.2 Å². The minimum Gasteiger partial charge on any atom is -0.228 e. The van der Waals surface area contributed by atoms with Gasteiger partial charge in [-0.15, -0.1) is 0 Å². The maximum Gasteiger partial charge on any atom is 0.160 e. The molecule has 2 bridgehead atoms. The molecule has 94 heavy (non-hydrogen) atoms. The van der Waals surface area contributed by atoms with E-state index in [1.54, 1.807) is 0 Å². The summed E-state index contributed by atoms with van der Waals surface area (Å²) in [6.07, 6.45) is 0. The van der Waals surface area contributed by atoms with E-state index in [9.17, 15) is 0 Å². The molecule has 434 valence electrons. The highest BCUT2D eigenvalue weighted by atomic mass is 14.9. The van der Waals surface area contributed by atoms with Crippen LogP contribution in [0.15, 0.2) is 315 Å². The molecule has 4 heteroatoms. The first kappa shape index (κ1) is 51.7. The maximum absolute atomic E-state index is 5.55. The molecule has 13 aromatic carbocycles. The van der Waals surface area contributed by atoms with Crippen molar-refractivity contribution < 1.29 is 0 Å². The van der Waals surface area contributed by atoms with Crippen LogP contribution in [0.4, 0.5) is 0 Å². The monoisotopic (exact) mass is 1190 g/mol. The van der Waals surface area contributed by atoms with Gasteiger partial charge in [-0.3, -0.25) is 0 Å². The molecule has 2 heterocycles. The van der Waals surface area contributed by atoms with Crippen LogP contribution in [-0.2, 0) is 10.8 Å². The standard InChI is InChI=1S/C90H54N4/c1-3-23-53(24-4-1)87-91-79(51-81(93-87)67-35-21-43-77-85(67)65-33-13-19-41-75(65)89(77)71-37-15-9-27-57(71)58-28-10-16-38-72(58)89)55-45-47-63-69(49-55)83-61-31-7-8-32-62(61)84(63)70-50-56(46-48-64(70)83)80-52-82(94-88(92-80)54-25-5-2-6-26-54)68-36-22-44-78-86(68)66-34-14-20-42-76(66)90(78)73-39-17-11-29-59(73)60-30-12-18-40-74(60)90/h1-52,83-84H. The summed E-state index contributed by atoms with van der Waals surface area (Å²) in [5, 5.41) is 0. The van der Waals surface area contributed by atoms with Gasteiger partial charge in [0.25, 0.3) is 0 Å². The quantitative estimate of drug-likeness (QED) is 0.166. The molecule has 0 N–H and O–H groups in total. The Bertz CT molecular complexity index is 5340. The molecule has 0 fully saturated rings. The second-order valence-corrected chi connectivity index (χ2v) is 26.1. The lowest BCUT2D eigenvalue weighted by Crippen LogP contribution is -2.27. The van der Waals surface area contributed by atoms with Gasteiger partial charge >= 0.3 is 0 Å². The van der Waals surface area contributed by atoms with Gasteiger partial charge in [0.05, 0.1) is 33.6 Å². The lowest BCUT2D eigenvalue weighted by molar-refractivity contribution is 0.755. The Balaban J connectivity index is 0.709. The Hall–Kier alpha value is -12.0. The normalized spacial score (nSPS) is 15.6. The number of hydrogen-bond donors (Lipinski definition) is 0. The SMILES string of the molecule is c1ccc(-c2nc(-c3ccc4c(c3)C3c5ccccc5C4c4cc(-c5cc(-c6cccc7c6-c6ccccc6C76c7ccccc7-c7ccccc76)nc(-c6ccccc6)n5)ccc43)cc(-c3cccc4c3-c3ccccc3C43c4ccccc4-c4ccccc43)n2)cc1. The fraction of sp³-hybridized carbons (Fsp3) is 0.0444. The zero-order valence-electron chi connectivity index (χ0n) is 51.0. The largest absolute Gasteiger partial charge is 0.228 e. The molecule has 7 aliphatic carbocycles. The van der Waals surface area contributed by atoms with E-state index in [1.807, 2.05) is 0 Å². The number of aromatic nitrogens is 4. The summed E-state index contributed by atoms with van der Waals surface area (Å²) in [6, 6.07) is 117.